The number of hydrogen-bond donors (Lipinski definition) is 3. The molecular formula is C15H16O3. The predicted octanol–water partition coefficient (Wildman–Crippen LogP) is 2.80. The third kappa shape index (κ3) is 2.31. The number of phenolic OH excluding ortho intramolecular Hbond substituents is 2. The molecule has 0 radical (unpaired) electrons. The van der Waals surface area contributed by atoms with Gasteiger partial charge in [0.25, 0.3) is 0 Å². The maximum atomic E-state index is 10.2. The molecule has 0 aromatic heterocycles. The number of aliphatic hydroxyl groups is 1. The monoisotopic (exact) mass is 244 g/mol. The minimum Gasteiger partial charge on any atom is -0.508 e. The normalized spacial score (nSPS) is 10.9. The van der Waals surface area contributed by atoms with Crippen molar-refractivity contribution in [3.63, 3.8) is 0 Å². The van der Waals surface area contributed by atoms with Crippen molar-refractivity contribution < 1.29 is 15.3 Å². The fourth-order valence-electron chi connectivity index (χ4n) is 1.79. The fraction of sp³-hybridized carbons (Fsp3) is 0.200. The lowest BCUT2D eigenvalue weighted by atomic mass is 9.99. The molecule has 18 heavy (non-hydrogen) atoms. The van der Waals surface area contributed by atoms with E-state index < -0.39 is 6.10 Å². The first-order valence-corrected chi connectivity index (χ1v) is 5.76. The summed E-state index contributed by atoms with van der Waals surface area (Å²) in [6.07, 6.45) is -0.858. The molecule has 0 atom stereocenters. The van der Waals surface area contributed by atoms with Gasteiger partial charge in [-0.2, -0.15) is 0 Å². The number of aliphatic hydroxyl groups excluding tert-OH is 1. The smallest absolute Gasteiger partial charge is 0.118 e. The molecule has 0 amide bonds. The molecule has 0 saturated carbocycles. The Morgan fingerprint density at radius 3 is 1.50 bits per heavy atom. The Balaban J connectivity index is 2.37. The van der Waals surface area contributed by atoms with E-state index in [4.69, 9.17) is 0 Å². The summed E-state index contributed by atoms with van der Waals surface area (Å²) in [5, 5.41) is 29.5. The van der Waals surface area contributed by atoms with Crippen molar-refractivity contribution in [1.29, 1.82) is 0 Å². The summed E-state index contributed by atoms with van der Waals surface area (Å²) in [5.41, 5.74) is 2.72. The Hall–Kier alpha value is -2.00. The third-order valence-corrected chi connectivity index (χ3v) is 3.10. The summed E-state index contributed by atoms with van der Waals surface area (Å²) in [6.45, 7) is 3.59. The van der Waals surface area contributed by atoms with E-state index in [-0.39, 0.29) is 11.5 Å². The van der Waals surface area contributed by atoms with Crippen LogP contribution in [0.25, 0.3) is 0 Å². The number of aryl methyl sites for hydroxylation is 2. The fourth-order valence-corrected chi connectivity index (χ4v) is 1.79. The van der Waals surface area contributed by atoms with Crippen LogP contribution in [0, 0.1) is 13.8 Å². The Labute approximate surface area is 106 Å². The van der Waals surface area contributed by atoms with Crippen molar-refractivity contribution in [2.24, 2.45) is 0 Å². The first-order chi connectivity index (χ1) is 8.49. The average Bonchev–Trinajstić information content (AvgIpc) is 2.35. The van der Waals surface area contributed by atoms with Crippen LogP contribution in [0.2, 0.25) is 0 Å². The van der Waals surface area contributed by atoms with Crippen molar-refractivity contribution in [3.05, 3.63) is 58.7 Å². The van der Waals surface area contributed by atoms with Crippen LogP contribution in [0.5, 0.6) is 11.5 Å². The van der Waals surface area contributed by atoms with Crippen LogP contribution in [0.3, 0.4) is 0 Å². The van der Waals surface area contributed by atoms with E-state index in [1.54, 1.807) is 38.1 Å². The van der Waals surface area contributed by atoms with Gasteiger partial charge in [0.1, 0.15) is 17.6 Å². The van der Waals surface area contributed by atoms with E-state index >= 15 is 0 Å². The first kappa shape index (κ1) is 12.5. The molecule has 0 aliphatic carbocycles. The van der Waals surface area contributed by atoms with Crippen molar-refractivity contribution in [3.8, 4) is 11.5 Å². The Bertz CT molecular complexity index is 524. The molecule has 3 N–H and O–H groups in total. The molecule has 2 aromatic carbocycles. The summed E-state index contributed by atoms with van der Waals surface area (Å²) in [7, 11) is 0. The molecule has 3 heteroatoms. The second kappa shape index (κ2) is 4.70. The van der Waals surface area contributed by atoms with Gasteiger partial charge in [0.2, 0.25) is 0 Å². The average molecular weight is 244 g/mol. The van der Waals surface area contributed by atoms with Gasteiger partial charge in [0.15, 0.2) is 0 Å². The van der Waals surface area contributed by atoms with Gasteiger partial charge in [0, 0.05) is 0 Å². The predicted molar refractivity (Wildman–Crippen MR) is 69.7 cm³/mol. The maximum absolute atomic E-state index is 10.2. The highest BCUT2D eigenvalue weighted by atomic mass is 16.3. The Kier molecular flexibility index (Phi) is 3.26. The molecule has 0 unspecified atom stereocenters. The van der Waals surface area contributed by atoms with Gasteiger partial charge in [-0.05, 0) is 48.2 Å². The van der Waals surface area contributed by atoms with E-state index in [0.29, 0.717) is 11.1 Å². The molecule has 94 valence electrons. The molecule has 0 aliphatic rings. The van der Waals surface area contributed by atoms with Gasteiger partial charge in [-0.25, -0.2) is 0 Å². The van der Waals surface area contributed by atoms with Crippen LogP contribution < -0.4 is 0 Å². The zero-order valence-electron chi connectivity index (χ0n) is 10.4. The van der Waals surface area contributed by atoms with Crippen molar-refractivity contribution in [2.45, 2.75) is 20.0 Å². The second-order valence-electron chi connectivity index (χ2n) is 4.49. The van der Waals surface area contributed by atoms with Crippen molar-refractivity contribution in [1.82, 2.24) is 0 Å². The standard InChI is InChI=1S/C15H16O3/c1-9-3-5-11(7-13(9)16)15(18)12-6-4-10(2)14(17)8-12/h3-8,15-18H,1-2H3. The lowest BCUT2D eigenvalue weighted by Gasteiger charge is -2.13. The maximum Gasteiger partial charge on any atom is 0.118 e. The molecule has 3 nitrogen and oxygen atoms in total. The second-order valence-corrected chi connectivity index (χ2v) is 4.49. The van der Waals surface area contributed by atoms with Gasteiger partial charge in [-0.1, -0.05) is 24.3 Å². The summed E-state index contributed by atoms with van der Waals surface area (Å²) in [4.78, 5) is 0. The minimum absolute atomic E-state index is 0.155. The van der Waals surface area contributed by atoms with Crippen LogP contribution in [0.4, 0.5) is 0 Å². The van der Waals surface area contributed by atoms with Crippen LogP contribution in [-0.4, -0.2) is 15.3 Å². The molecule has 2 aromatic rings. The number of phenols is 2. The zero-order chi connectivity index (χ0) is 13.3. The summed E-state index contributed by atoms with van der Waals surface area (Å²) in [6, 6.07) is 10.1. The van der Waals surface area contributed by atoms with Crippen LogP contribution in [0.1, 0.15) is 28.4 Å². The van der Waals surface area contributed by atoms with Gasteiger partial charge in [-0.3, -0.25) is 0 Å². The quantitative estimate of drug-likeness (QED) is 0.761. The highest BCUT2D eigenvalue weighted by Crippen LogP contribution is 2.29. The molecule has 0 bridgehead atoms. The summed E-state index contributed by atoms with van der Waals surface area (Å²) in [5.74, 6) is 0.311. The van der Waals surface area contributed by atoms with Crippen LogP contribution >= 0.6 is 0 Å². The third-order valence-electron chi connectivity index (χ3n) is 3.10. The van der Waals surface area contributed by atoms with E-state index in [9.17, 15) is 15.3 Å². The zero-order valence-corrected chi connectivity index (χ0v) is 10.4. The van der Waals surface area contributed by atoms with Gasteiger partial charge in [0.05, 0.1) is 0 Å². The summed E-state index contributed by atoms with van der Waals surface area (Å²) >= 11 is 0. The first-order valence-electron chi connectivity index (χ1n) is 5.76. The Morgan fingerprint density at radius 2 is 1.17 bits per heavy atom. The summed E-state index contributed by atoms with van der Waals surface area (Å²) < 4.78 is 0. The molecule has 0 fully saturated rings. The van der Waals surface area contributed by atoms with Crippen molar-refractivity contribution >= 4 is 0 Å². The largest absolute Gasteiger partial charge is 0.508 e. The molecule has 0 saturated heterocycles. The number of benzene rings is 2. The molecular weight excluding hydrogens is 228 g/mol. The number of hydrogen-bond acceptors (Lipinski definition) is 3. The van der Waals surface area contributed by atoms with E-state index in [0.717, 1.165) is 11.1 Å². The van der Waals surface area contributed by atoms with Gasteiger partial charge >= 0.3 is 0 Å². The molecule has 2 rings (SSSR count). The van der Waals surface area contributed by atoms with E-state index in [1.165, 1.54) is 12.1 Å². The SMILES string of the molecule is Cc1ccc(C(O)c2ccc(C)c(O)c2)cc1O. The van der Waals surface area contributed by atoms with Gasteiger partial charge in [-0.15, -0.1) is 0 Å². The van der Waals surface area contributed by atoms with Crippen molar-refractivity contribution in [2.75, 3.05) is 0 Å². The highest BCUT2D eigenvalue weighted by molar-refractivity contribution is 5.42. The number of rotatable bonds is 2. The van der Waals surface area contributed by atoms with Crippen LogP contribution in [0.15, 0.2) is 36.4 Å². The van der Waals surface area contributed by atoms with E-state index in [1.807, 2.05) is 0 Å². The Morgan fingerprint density at radius 1 is 0.778 bits per heavy atom. The lowest BCUT2D eigenvalue weighted by Crippen LogP contribution is -1.99. The van der Waals surface area contributed by atoms with Gasteiger partial charge < -0.3 is 15.3 Å². The topological polar surface area (TPSA) is 60.7 Å². The highest BCUT2D eigenvalue weighted by Gasteiger charge is 2.13. The van der Waals surface area contributed by atoms with E-state index in [2.05, 4.69) is 0 Å². The minimum atomic E-state index is -0.858. The number of aromatic hydroxyl groups is 2. The molecule has 0 spiro atoms. The molecule has 0 aliphatic heterocycles. The lowest BCUT2D eigenvalue weighted by molar-refractivity contribution is 0.219. The molecule has 0 heterocycles. The van der Waals surface area contributed by atoms with Crippen LogP contribution in [-0.2, 0) is 0 Å².